The maximum absolute atomic E-state index is 11.3. The molecule has 0 unspecified atom stereocenters. The number of imide groups is 1. The Labute approximate surface area is 81.5 Å². The Morgan fingerprint density at radius 2 is 2.14 bits per heavy atom. The van der Waals surface area contributed by atoms with E-state index in [2.05, 4.69) is 0 Å². The Morgan fingerprint density at radius 3 is 2.57 bits per heavy atom. The molecule has 0 aromatic heterocycles. The van der Waals surface area contributed by atoms with Crippen molar-refractivity contribution in [1.82, 2.24) is 4.90 Å². The van der Waals surface area contributed by atoms with E-state index in [0.717, 1.165) is 4.90 Å². The highest BCUT2D eigenvalue weighted by Gasteiger charge is 2.27. The second kappa shape index (κ2) is 4.04. The summed E-state index contributed by atoms with van der Waals surface area (Å²) in [6, 6.07) is 0. The number of primary amides is 1. The molecule has 3 amide bonds. The Balaban J connectivity index is 2.44. The van der Waals surface area contributed by atoms with Crippen LogP contribution >= 0.6 is 0 Å². The monoisotopic (exact) mass is 196 g/mol. The first-order chi connectivity index (χ1) is 6.52. The molecule has 5 nitrogen and oxygen atoms in total. The van der Waals surface area contributed by atoms with Crippen LogP contribution in [0.4, 0.5) is 0 Å². The third-order valence-corrected chi connectivity index (χ3v) is 1.99. The van der Waals surface area contributed by atoms with E-state index in [0.29, 0.717) is 12.0 Å². The molecule has 1 aliphatic heterocycles. The molecular formula is C9H12N2O3. The lowest BCUT2D eigenvalue weighted by atomic mass is 10.3. The van der Waals surface area contributed by atoms with Crippen LogP contribution in [0.15, 0.2) is 11.6 Å². The third-order valence-electron chi connectivity index (χ3n) is 1.99. The minimum atomic E-state index is -0.422. The number of carbonyl (C=O) groups excluding carboxylic acids is 3. The van der Waals surface area contributed by atoms with E-state index < -0.39 is 5.91 Å². The quantitative estimate of drug-likeness (QED) is 0.619. The average molecular weight is 196 g/mol. The highest BCUT2D eigenvalue weighted by atomic mass is 16.2. The summed E-state index contributed by atoms with van der Waals surface area (Å²) in [5, 5.41) is 0. The van der Waals surface area contributed by atoms with Gasteiger partial charge in [0.1, 0.15) is 0 Å². The summed E-state index contributed by atoms with van der Waals surface area (Å²) < 4.78 is 0. The molecule has 0 fully saturated rings. The molecule has 0 aromatic rings. The fourth-order valence-corrected chi connectivity index (χ4v) is 1.26. The number of carbonyl (C=O) groups is 3. The first-order valence-electron chi connectivity index (χ1n) is 4.35. The number of nitrogens with zero attached hydrogens (tertiary/aromatic N) is 1. The molecule has 0 bridgehead atoms. The second-order valence-corrected chi connectivity index (χ2v) is 3.19. The first-order valence-corrected chi connectivity index (χ1v) is 4.35. The molecule has 0 saturated heterocycles. The molecule has 0 spiro atoms. The summed E-state index contributed by atoms with van der Waals surface area (Å²) in [4.78, 5) is 34.0. The van der Waals surface area contributed by atoms with Gasteiger partial charge in [0.25, 0.3) is 11.8 Å². The molecule has 14 heavy (non-hydrogen) atoms. The van der Waals surface area contributed by atoms with Gasteiger partial charge in [-0.1, -0.05) is 0 Å². The maximum atomic E-state index is 11.3. The fraction of sp³-hybridized carbons (Fsp3) is 0.444. The van der Waals surface area contributed by atoms with Crippen LogP contribution in [0, 0.1) is 0 Å². The van der Waals surface area contributed by atoms with Gasteiger partial charge >= 0.3 is 0 Å². The summed E-state index contributed by atoms with van der Waals surface area (Å²) >= 11 is 0. The molecular weight excluding hydrogens is 184 g/mol. The van der Waals surface area contributed by atoms with Crippen molar-refractivity contribution in [2.45, 2.75) is 19.8 Å². The molecule has 76 valence electrons. The van der Waals surface area contributed by atoms with E-state index >= 15 is 0 Å². The van der Waals surface area contributed by atoms with Gasteiger partial charge in [0.15, 0.2) is 0 Å². The third kappa shape index (κ3) is 2.18. The van der Waals surface area contributed by atoms with E-state index in [9.17, 15) is 14.4 Å². The topological polar surface area (TPSA) is 80.5 Å². The van der Waals surface area contributed by atoms with Crippen molar-refractivity contribution >= 4 is 17.7 Å². The van der Waals surface area contributed by atoms with E-state index in [1.54, 1.807) is 6.92 Å². The summed E-state index contributed by atoms with van der Waals surface area (Å²) in [5.41, 5.74) is 5.37. The van der Waals surface area contributed by atoms with E-state index in [1.165, 1.54) is 6.08 Å². The molecule has 0 atom stereocenters. The summed E-state index contributed by atoms with van der Waals surface area (Å²) in [6.07, 6.45) is 1.91. The van der Waals surface area contributed by atoms with Crippen molar-refractivity contribution in [3.05, 3.63) is 11.6 Å². The zero-order valence-corrected chi connectivity index (χ0v) is 7.95. The molecule has 0 aromatic carbocycles. The van der Waals surface area contributed by atoms with E-state index in [1.807, 2.05) is 0 Å². The molecule has 1 heterocycles. The Kier molecular flexibility index (Phi) is 3.01. The van der Waals surface area contributed by atoms with Crippen molar-refractivity contribution in [2.24, 2.45) is 5.73 Å². The number of rotatable bonds is 4. The molecule has 0 aliphatic carbocycles. The predicted molar refractivity (Wildman–Crippen MR) is 48.9 cm³/mol. The number of nitrogens with two attached hydrogens (primary N) is 1. The van der Waals surface area contributed by atoms with Crippen molar-refractivity contribution in [1.29, 1.82) is 0 Å². The minimum absolute atomic E-state index is 0.191. The number of amides is 3. The Bertz CT molecular complexity index is 320. The van der Waals surface area contributed by atoms with Gasteiger partial charge in [0.05, 0.1) is 0 Å². The summed E-state index contributed by atoms with van der Waals surface area (Å²) in [7, 11) is 0. The van der Waals surface area contributed by atoms with Crippen LogP contribution in [0.2, 0.25) is 0 Å². The Hall–Kier alpha value is -1.65. The predicted octanol–water partition coefficient (Wildman–Crippen LogP) is -0.433. The molecule has 0 saturated carbocycles. The maximum Gasteiger partial charge on any atom is 0.256 e. The second-order valence-electron chi connectivity index (χ2n) is 3.19. The van der Waals surface area contributed by atoms with Crippen LogP contribution in [0.3, 0.4) is 0 Å². The van der Waals surface area contributed by atoms with Gasteiger partial charge in [-0.15, -0.1) is 0 Å². The van der Waals surface area contributed by atoms with Crippen LogP contribution in [-0.4, -0.2) is 29.2 Å². The first kappa shape index (κ1) is 10.4. The Morgan fingerprint density at radius 1 is 1.50 bits per heavy atom. The summed E-state index contributed by atoms with van der Waals surface area (Å²) in [5.74, 6) is -1.01. The molecule has 0 radical (unpaired) electrons. The minimum Gasteiger partial charge on any atom is -0.370 e. The van der Waals surface area contributed by atoms with Gasteiger partial charge in [-0.3, -0.25) is 19.3 Å². The van der Waals surface area contributed by atoms with Gasteiger partial charge in [0, 0.05) is 24.6 Å². The van der Waals surface area contributed by atoms with E-state index in [4.69, 9.17) is 5.73 Å². The van der Waals surface area contributed by atoms with Crippen molar-refractivity contribution in [2.75, 3.05) is 6.54 Å². The average Bonchev–Trinajstić information content (AvgIpc) is 2.31. The lowest BCUT2D eigenvalue weighted by Gasteiger charge is -2.13. The van der Waals surface area contributed by atoms with Crippen LogP contribution in [0.1, 0.15) is 19.8 Å². The number of hydrogen-bond donors (Lipinski definition) is 1. The zero-order chi connectivity index (χ0) is 10.7. The molecule has 2 N–H and O–H groups in total. The van der Waals surface area contributed by atoms with Gasteiger partial charge in [0.2, 0.25) is 5.91 Å². The van der Waals surface area contributed by atoms with Gasteiger partial charge in [-0.25, -0.2) is 0 Å². The standard InChI is InChI=1S/C9H12N2O3/c1-6-5-8(13)11(9(6)14)4-2-3-7(10)12/h5H,2-4H2,1H3,(H2,10,12). The van der Waals surface area contributed by atoms with Gasteiger partial charge in [-0.2, -0.15) is 0 Å². The fourth-order valence-electron chi connectivity index (χ4n) is 1.26. The van der Waals surface area contributed by atoms with Crippen molar-refractivity contribution in [3.8, 4) is 0 Å². The zero-order valence-electron chi connectivity index (χ0n) is 7.95. The lowest BCUT2D eigenvalue weighted by Crippen LogP contribution is -2.32. The van der Waals surface area contributed by atoms with E-state index in [-0.39, 0.29) is 24.8 Å². The SMILES string of the molecule is CC1=CC(=O)N(CCCC(N)=O)C1=O. The normalized spacial score (nSPS) is 16.1. The highest BCUT2D eigenvalue weighted by Crippen LogP contribution is 2.12. The molecule has 1 rings (SSSR count). The van der Waals surface area contributed by atoms with Gasteiger partial charge in [-0.05, 0) is 13.3 Å². The molecule has 1 aliphatic rings. The smallest absolute Gasteiger partial charge is 0.256 e. The summed E-state index contributed by atoms with van der Waals surface area (Å²) in [6.45, 7) is 1.85. The number of hydrogen-bond acceptors (Lipinski definition) is 3. The van der Waals surface area contributed by atoms with Crippen LogP contribution in [0.25, 0.3) is 0 Å². The lowest BCUT2D eigenvalue weighted by molar-refractivity contribution is -0.137. The highest BCUT2D eigenvalue weighted by molar-refractivity contribution is 6.15. The molecule has 5 heteroatoms. The van der Waals surface area contributed by atoms with Crippen molar-refractivity contribution < 1.29 is 14.4 Å². The largest absolute Gasteiger partial charge is 0.370 e. The van der Waals surface area contributed by atoms with Gasteiger partial charge < -0.3 is 5.73 Å². The van der Waals surface area contributed by atoms with Crippen LogP contribution in [0.5, 0.6) is 0 Å². The van der Waals surface area contributed by atoms with Crippen LogP contribution in [-0.2, 0) is 14.4 Å². The van der Waals surface area contributed by atoms with Crippen LogP contribution < -0.4 is 5.73 Å². The van der Waals surface area contributed by atoms with Crippen molar-refractivity contribution in [3.63, 3.8) is 0 Å².